The molecule has 0 spiro atoms. The molecule has 0 unspecified atom stereocenters. The highest BCUT2D eigenvalue weighted by atomic mass is 19.4. The van der Waals surface area contributed by atoms with Crippen molar-refractivity contribution in [2.75, 3.05) is 23.7 Å². The molecule has 102 valence electrons. The summed E-state index contributed by atoms with van der Waals surface area (Å²) in [7, 11) is 0. The van der Waals surface area contributed by atoms with Crippen LogP contribution in [0.4, 0.5) is 24.5 Å². The summed E-state index contributed by atoms with van der Waals surface area (Å²) in [5.41, 5.74) is 5.91. The topological polar surface area (TPSA) is 29.3 Å². The zero-order valence-electron chi connectivity index (χ0n) is 10.7. The van der Waals surface area contributed by atoms with Crippen molar-refractivity contribution in [1.82, 2.24) is 0 Å². The van der Waals surface area contributed by atoms with Gasteiger partial charge in [-0.15, -0.1) is 0 Å². The van der Waals surface area contributed by atoms with E-state index in [1.807, 2.05) is 18.7 Å². The van der Waals surface area contributed by atoms with Gasteiger partial charge >= 0.3 is 6.18 Å². The molecule has 1 aromatic rings. The smallest absolute Gasteiger partial charge is 0.397 e. The summed E-state index contributed by atoms with van der Waals surface area (Å²) in [4.78, 5) is 2.02. The maximum Gasteiger partial charge on any atom is 0.416 e. The van der Waals surface area contributed by atoms with Crippen molar-refractivity contribution in [1.29, 1.82) is 0 Å². The van der Waals surface area contributed by atoms with Gasteiger partial charge in [0.05, 0.1) is 16.9 Å². The van der Waals surface area contributed by atoms with E-state index in [1.54, 1.807) is 0 Å². The molecule has 0 aliphatic rings. The van der Waals surface area contributed by atoms with Gasteiger partial charge in [0.15, 0.2) is 0 Å². The molecule has 0 amide bonds. The maximum absolute atomic E-state index is 12.5. The molecule has 0 atom stereocenters. The molecule has 2 N–H and O–H groups in total. The first-order valence-corrected chi connectivity index (χ1v) is 6.11. The van der Waals surface area contributed by atoms with Crippen LogP contribution in [0.3, 0.4) is 0 Å². The van der Waals surface area contributed by atoms with E-state index in [0.717, 1.165) is 38.1 Å². The minimum absolute atomic E-state index is 0.187. The first-order valence-electron chi connectivity index (χ1n) is 6.11. The average molecular weight is 260 g/mol. The third kappa shape index (κ3) is 3.55. The van der Waals surface area contributed by atoms with Gasteiger partial charge in [-0.1, -0.05) is 13.8 Å². The number of hydrogen-bond acceptors (Lipinski definition) is 2. The van der Waals surface area contributed by atoms with Crippen LogP contribution in [0.2, 0.25) is 0 Å². The predicted molar refractivity (Wildman–Crippen MR) is 68.7 cm³/mol. The molecule has 0 fully saturated rings. The van der Waals surface area contributed by atoms with Crippen LogP contribution in [0, 0.1) is 0 Å². The predicted octanol–water partition coefficient (Wildman–Crippen LogP) is 3.91. The average Bonchev–Trinajstić information content (AvgIpc) is 2.27. The molecule has 2 nitrogen and oxygen atoms in total. The van der Waals surface area contributed by atoms with Crippen molar-refractivity contribution in [3.63, 3.8) is 0 Å². The number of alkyl halides is 3. The molecule has 0 bridgehead atoms. The molecule has 5 heteroatoms. The molecular formula is C13H19F3N2. The Hall–Kier alpha value is -1.39. The number of hydrogen-bond donors (Lipinski definition) is 1. The van der Waals surface area contributed by atoms with Gasteiger partial charge in [0.25, 0.3) is 0 Å². The van der Waals surface area contributed by atoms with Gasteiger partial charge in [-0.25, -0.2) is 0 Å². The summed E-state index contributed by atoms with van der Waals surface area (Å²) in [6.07, 6.45) is -2.48. The Labute approximate surface area is 106 Å². The summed E-state index contributed by atoms with van der Waals surface area (Å²) in [5, 5.41) is 0. The molecule has 0 saturated heterocycles. The Bertz CT molecular complexity index is 382. The Morgan fingerprint density at radius 1 is 1.11 bits per heavy atom. The number of anilines is 2. The van der Waals surface area contributed by atoms with Crippen molar-refractivity contribution in [2.45, 2.75) is 32.9 Å². The van der Waals surface area contributed by atoms with E-state index in [0.29, 0.717) is 5.69 Å². The summed E-state index contributed by atoms with van der Waals surface area (Å²) in [5.74, 6) is 0. The molecule has 0 aromatic heterocycles. The lowest BCUT2D eigenvalue weighted by molar-refractivity contribution is -0.137. The summed E-state index contributed by atoms with van der Waals surface area (Å²) < 4.78 is 37.6. The number of halogens is 3. The highest BCUT2D eigenvalue weighted by molar-refractivity contribution is 5.68. The monoisotopic (exact) mass is 260 g/mol. The number of nitrogen functional groups attached to an aromatic ring is 1. The van der Waals surface area contributed by atoms with Gasteiger partial charge in [-0.05, 0) is 31.0 Å². The highest BCUT2D eigenvalue weighted by Gasteiger charge is 2.31. The number of nitrogens with two attached hydrogens (primary N) is 1. The second-order valence-electron chi connectivity index (χ2n) is 4.26. The van der Waals surface area contributed by atoms with Crippen LogP contribution in [0.5, 0.6) is 0 Å². The van der Waals surface area contributed by atoms with Gasteiger partial charge in [0, 0.05) is 13.1 Å². The number of benzene rings is 1. The zero-order valence-corrected chi connectivity index (χ0v) is 10.7. The first kappa shape index (κ1) is 14.7. The number of nitrogens with zero attached hydrogens (tertiary/aromatic N) is 1. The Balaban J connectivity index is 3.03. The second-order valence-corrected chi connectivity index (χ2v) is 4.26. The third-order valence-corrected chi connectivity index (χ3v) is 2.68. The first-order chi connectivity index (χ1) is 8.40. The van der Waals surface area contributed by atoms with Gasteiger partial charge in [-0.2, -0.15) is 13.2 Å². The summed E-state index contributed by atoms with van der Waals surface area (Å²) in [6.45, 7) is 5.65. The van der Waals surface area contributed by atoms with Crippen molar-refractivity contribution in [3.05, 3.63) is 23.8 Å². The molecule has 0 aliphatic carbocycles. The van der Waals surface area contributed by atoms with E-state index in [4.69, 9.17) is 5.73 Å². The molecular weight excluding hydrogens is 241 g/mol. The summed E-state index contributed by atoms with van der Waals surface area (Å²) >= 11 is 0. The Morgan fingerprint density at radius 3 is 2.06 bits per heavy atom. The molecule has 1 rings (SSSR count). The van der Waals surface area contributed by atoms with Gasteiger partial charge in [0.1, 0.15) is 0 Å². The van der Waals surface area contributed by atoms with Crippen molar-refractivity contribution >= 4 is 11.4 Å². The minimum atomic E-state index is -4.34. The van der Waals surface area contributed by atoms with Crippen LogP contribution in [0.25, 0.3) is 0 Å². The quantitative estimate of drug-likeness (QED) is 0.813. The lowest BCUT2D eigenvalue weighted by Gasteiger charge is -2.25. The van der Waals surface area contributed by atoms with Crippen molar-refractivity contribution in [2.24, 2.45) is 0 Å². The van der Waals surface area contributed by atoms with E-state index >= 15 is 0 Å². The SMILES string of the molecule is CCCN(CCC)c1ccc(C(F)(F)F)cc1N. The molecule has 18 heavy (non-hydrogen) atoms. The molecule has 0 radical (unpaired) electrons. The summed E-state index contributed by atoms with van der Waals surface area (Å²) in [6, 6.07) is 3.56. The van der Waals surface area contributed by atoms with Crippen LogP contribution in [-0.2, 0) is 6.18 Å². The zero-order chi connectivity index (χ0) is 13.8. The maximum atomic E-state index is 12.5. The van der Waals surface area contributed by atoms with E-state index < -0.39 is 11.7 Å². The number of rotatable bonds is 5. The van der Waals surface area contributed by atoms with Crippen LogP contribution >= 0.6 is 0 Å². The Morgan fingerprint density at radius 2 is 1.67 bits per heavy atom. The van der Waals surface area contributed by atoms with Gasteiger partial charge in [0.2, 0.25) is 0 Å². The van der Waals surface area contributed by atoms with Crippen LogP contribution in [0.1, 0.15) is 32.3 Å². The lowest BCUT2D eigenvalue weighted by Crippen LogP contribution is -2.26. The fourth-order valence-electron chi connectivity index (χ4n) is 1.91. The largest absolute Gasteiger partial charge is 0.416 e. The van der Waals surface area contributed by atoms with Crippen LogP contribution in [-0.4, -0.2) is 13.1 Å². The van der Waals surface area contributed by atoms with Gasteiger partial charge < -0.3 is 10.6 Å². The molecule has 0 aliphatic heterocycles. The normalized spacial score (nSPS) is 11.6. The van der Waals surface area contributed by atoms with E-state index in [9.17, 15) is 13.2 Å². The third-order valence-electron chi connectivity index (χ3n) is 2.68. The van der Waals surface area contributed by atoms with E-state index in [2.05, 4.69) is 0 Å². The van der Waals surface area contributed by atoms with Crippen LogP contribution < -0.4 is 10.6 Å². The molecule has 0 heterocycles. The second kappa shape index (κ2) is 5.98. The van der Waals surface area contributed by atoms with E-state index in [-0.39, 0.29) is 5.69 Å². The lowest BCUT2D eigenvalue weighted by atomic mass is 10.1. The van der Waals surface area contributed by atoms with Crippen molar-refractivity contribution in [3.8, 4) is 0 Å². The fourth-order valence-corrected chi connectivity index (χ4v) is 1.91. The highest BCUT2D eigenvalue weighted by Crippen LogP contribution is 2.34. The molecule has 0 saturated carbocycles. The fraction of sp³-hybridized carbons (Fsp3) is 0.538. The standard InChI is InChI=1S/C13H19F3N2/c1-3-7-18(8-4-2)12-6-5-10(9-11(12)17)13(14,15)16/h5-6,9H,3-4,7-8,17H2,1-2H3. The minimum Gasteiger partial charge on any atom is -0.397 e. The molecule has 1 aromatic carbocycles. The van der Waals surface area contributed by atoms with E-state index in [1.165, 1.54) is 6.07 Å². The van der Waals surface area contributed by atoms with Gasteiger partial charge in [-0.3, -0.25) is 0 Å². The Kier molecular flexibility index (Phi) is 4.87. The van der Waals surface area contributed by atoms with Crippen LogP contribution in [0.15, 0.2) is 18.2 Å². The van der Waals surface area contributed by atoms with Crippen molar-refractivity contribution < 1.29 is 13.2 Å².